The summed E-state index contributed by atoms with van der Waals surface area (Å²) in [6.07, 6.45) is 4.90. The Morgan fingerprint density at radius 2 is 1.92 bits per heavy atom. The third-order valence-electron chi connectivity index (χ3n) is 4.82. The maximum Gasteiger partial charge on any atom is 0.226 e. The maximum atomic E-state index is 5.44. The fourth-order valence-corrected chi connectivity index (χ4v) is 3.44. The van der Waals surface area contributed by atoms with E-state index >= 15 is 0 Å². The lowest BCUT2D eigenvalue weighted by molar-refractivity contribution is 0.122. The van der Waals surface area contributed by atoms with Gasteiger partial charge in [-0.1, -0.05) is 18.2 Å². The van der Waals surface area contributed by atoms with E-state index in [-0.39, 0.29) is 0 Å². The van der Waals surface area contributed by atoms with E-state index in [0.29, 0.717) is 0 Å². The second-order valence-corrected chi connectivity index (χ2v) is 6.49. The topological polar surface area (TPSA) is 68.1 Å². The van der Waals surface area contributed by atoms with Crippen LogP contribution >= 0.6 is 0 Å². The van der Waals surface area contributed by atoms with Crippen LogP contribution in [0.3, 0.4) is 0 Å². The van der Waals surface area contributed by atoms with Gasteiger partial charge in [-0.3, -0.25) is 0 Å². The molecule has 5 rings (SSSR count). The summed E-state index contributed by atoms with van der Waals surface area (Å²) in [6.45, 7) is 3.92. The molecule has 4 heterocycles. The predicted octanol–water partition coefficient (Wildman–Crippen LogP) is 2.13. The van der Waals surface area contributed by atoms with Crippen LogP contribution in [0.25, 0.3) is 16.9 Å². The molecule has 1 N–H and O–H groups in total. The van der Waals surface area contributed by atoms with Crippen molar-refractivity contribution in [2.75, 3.05) is 43.1 Å². The molecule has 2 aliphatic rings. The highest BCUT2D eigenvalue weighted by Gasteiger charge is 2.22. The molecule has 0 saturated carbocycles. The van der Waals surface area contributed by atoms with Crippen LogP contribution in [0.15, 0.2) is 42.7 Å². The molecule has 0 aliphatic carbocycles. The van der Waals surface area contributed by atoms with Gasteiger partial charge in [0.1, 0.15) is 0 Å². The standard InChI is InChI=1S/C19H20N6O/c1-2-4-15(5-3-1)25-13-16-17-14(6-7-20-18(16)23-25)12-21-19(22-17)24-8-10-26-11-9-24/h1-5,12-13H,6-11H2,(H,20,23). The van der Waals surface area contributed by atoms with Gasteiger partial charge >= 0.3 is 0 Å². The van der Waals surface area contributed by atoms with Crippen molar-refractivity contribution in [1.29, 1.82) is 0 Å². The van der Waals surface area contributed by atoms with Gasteiger partial charge in [-0.05, 0) is 24.1 Å². The van der Waals surface area contributed by atoms with Crippen molar-refractivity contribution in [3.8, 4) is 16.9 Å². The van der Waals surface area contributed by atoms with Crippen molar-refractivity contribution >= 4 is 11.8 Å². The van der Waals surface area contributed by atoms with E-state index in [1.54, 1.807) is 0 Å². The second kappa shape index (κ2) is 6.42. The second-order valence-electron chi connectivity index (χ2n) is 6.49. The SMILES string of the molecule is c1ccc(-n2cc3c(n2)NCCc2cnc(N4CCOCC4)nc2-3)cc1. The number of aromatic nitrogens is 4. The van der Waals surface area contributed by atoms with E-state index in [1.165, 1.54) is 0 Å². The van der Waals surface area contributed by atoms with Crippen molar-refractivity contribution in [2.45, 2.75) is 6.42 Å². The van der Waals surface area contributed by atoms with Crippen LogP contribution in [-0.2, 0) is 11.2 Å². The van der Waals surface area contributed by atoms with Gasteiger partial charge in [0, 0.05) is 32.0 Å². The lowest BCUT2D eigenvalue weighted by atomic mass is 10.1. The molecule has 1 saturated heterocycles. The largest absolute Gasteiger partial charge is 0.378 e. The molecule has 7 nitrogen and oxygen atoms in total. The molecule has 0 amide bonds. The zero-order valence-corrected chi connectivity index (χ0v) is 14.4. The zero-order chi connectivity index (χ0) is 17.3. The number of morpholine rings is 1. The van der Waals surface area contributed by atoms with Crippen molar-refractivity contribution in [3.63, 3.8) is 0 Å². The molecule has 2 aliphatic heterocycles. The van der Waals surface area contributed by atoms with Crippen LogP contribution in [0, 0.1) is 0 Å². The Hall–Kier alpha value is -2.93. The number of nitrogens with one attached hydrogen (secondary N) is 1. The number of rotatable bonds is 2. The summed E-state index contributed by atoms with van der Waals surface area (Å²) in [4.78, 5) is 11.7. The van der Waals surface area contributed by atoms with Crippen LogP contribution in [-0.4, -0.2) is 52.6 Å². The van der Waals surface area contributed by atoms with Gasteiger partial charge in [-0.15, -0.1) is 5.10 Å². The average Bonchev–Trinajstić information content (AvgIpc) is 3.06. The van der Waals surface area contributed by atoms with Gasteiger partial charge in [-0.2, -0.15) is 0 Å². The highest BCUT2D eigenvalue weighted by atomic mass is 16.5. The zero-order valence-electron chi connectivity index (χ0n) is 14.4. The first-order valence-corrected chi connectivity index (χ1v) is 8.96. The van der Waals surface area contributed by atoms with E-state index in [1.807, 2.05) is 41.2 Å². The van der Waals surface area contributed by atoms with Crippen molar-refractivity contribution < 1.29 is 4.74 Å². The number of nitrogens with zero attached hydrogens (tertiary/aromatic N) is 5. The lowest BCUT2D eigenvalue weighted by Crippen LogP contribution is -2.37. The molecule has 0 atom stereocenters. The van der Waals surface area contributed by atoms with E-state index < -0.39 is 0 Å². The first-order valence-electron chi connectivity index (χ1n) is 8.96. The average molecular weight is 348 g/mol. The van der Waals surface area contributed by atoms with Crippen LogP contribution in [0.2, 0.25) is 0 Å². The number of fused-ring (bicyclic) bond motifs is 3. The molecule has 1 fully saturated rings. The van der Waals surface area contributed by atoms with Crippen molar-refractivity contribution in [3.05, 3.63) is 48.3 Å². The van der Waals surface area contributed by atoms with Gasteiger partial charge in [0.15, 0.2) is 5.82 Å². The summed E-state index contributed by atoms with van der Waals surface area (Å²) < 4.78 is 7.35. The molecule has 0 spiro atoms. The third-order valence-corrected chi connectivity index (χ3v) is 4.82. The Morgan fingerprint density at radius 1 is 1.08 bits per heavy atom. The molecule has 26 heavy (non-hydrogen) atoms. The molecule has 0 unspecified atom stereocenters. The maximum absolute atomic E-state index is 5.44. The first kappa shape index (κ1) is 15.3. The number of benzene rings is 1. The summed E-state index contributed by atoms with van der Waals surface area (Å²) in [7, 11) is 0. The molecule has 3 aromatic rings. The Labute approximate surface area is 151 Å². The van der Waals surface area contributed by atoms with Gasteiger partial charge in [-0.25, -0.2) is 14.6 Å². The fraction of sp³-hybridized carbons (Fsp3) is 0.316. The van der Waals surface area contributed by atoms with Gasteiger partial charge in [0.2, 0.25) is 5.95 Å². The fourth-order valence-electron chi connectivity index (χ4n) is 3.44. The van der Waals surface area contributed by atoms with Crippen LogP contribution < -0.4 is 10.2 Å². The van der Waals surface area contributed by atoms with Gasteiger partial charge in [0.05, 0.1) is 30.2 Å². The number of ether oxygens (including phenoxy) is 1. The Kier molecular flexibility index (Phi) is 3.79. The number of para-hydroxylation sites is 1. The molecule has 1 aromatic carbocycles. The van der Waals surface area contributed by atoms with Crippen LogP contribution in [0.4, 0.5) is 11.8 Å². The molecular weight excluding hydrogens is 328 g/mol. The minimum Gasteiger partial charge on any atom is -0.378 e. The quantitative estimate of drug-likeness (QED) is 0.765. The number of anilines is 2. The smallest absolute Gasteiger partial charge is 0.226 e. The van der Waals surface area contributed by atoms with Crippen molar-refractivity contribution in [1.82, 2.24) is 19.7 Å². The van der Waals surface area contributed by atoms with E-state index in [4.69, 9.17) is 14.8 Å². The Morgan fingerprint density at radius 3 is 2.77 bits per heavy atom. The minimum atomic E-state index is 0.721. The highest BCUT2D eigenvalue weighted by Crippen LogP contribution is 2.33. The van der Waals surface area contributed by atoms with E-state index in [9.17, 15) is 0 Å². The van der Waals surface area contributed by atoms with Crippen LogP contribution in [0.5, 0.6) is 0 Å². The van der Waals surface area contributed by atoms with Gasteiger partial charge < -0.3 is 15.0 Å². The van der Waals surface area contributed by atoms with E-state index in [0.717, 1.165) is 73.5 Å². The molecule has 2 aromatic heterocycles. The number of hydrogen-bond acceptors (Lipinski definition) is 6. The summed E-state index contributed by atoms with van der Waals surface area (Å²) in [5, 5.41) is 8.16. The first-order chi connectivity index (χ1) is 12.9. The summed E-state index contributed by atoms with van der Waals surface area (Å²) in [5.74, 6) is 1.64. The molecule has 0 bridgehead atoms. The molecule has 0 radical (unpaired) electrons. The molecule has 132 valence electrons. The Balaban J connectivity index is 1.58. The van der Waals surface area contributed by atoms with Gasteiger partial charge in [0.25, 0.3) is 0 Å². The monoisotopic (exact) mass is 348 g/mol. The summed E-state index contributed by atoms with van der Waals surface area (Å²) >= 11 is 0. The highest BCUT2D eigenvalue weighted by molar-refractivity contribution is 5.76. The minimum absolute atomic E-state index is 0.721. The normalized spacial score (nSPS) is 16.4. The predicted molar refractivity (Wildman–Crippen MR) is 99.8 cm³/mol. The third kappa shape index (κ3) is 2.70. The van der Waals surface area contributed by atoms with E-state index in [2.05, 4.69) is 21.4 Å². The summed E-state index contributed by atoms with van der Waals surface area (Å²) in [5.41, 5.74) is 4.19. The molecule has 7 heteroatoms. The summed E-state index contributed by atoms with van der Waals surface area (Å²) in [6, 6.07) is 10.1. The van der Waals surface area contributed by atoms with Crippen LogP contribution in [0.1, 0.15) is 5.56 Å². The molecular formula is C19H20N6O. The lowest BCUT2D eigenvalue weighted by Gasteiger charge is -2.27. The Bertz CT molecular complexity index is 917. The van der Waals surface area contributed by atoms with Crippen molar-refractivity contribution in [2.24, 2.45) is 0 Å². The number of hydrogen-bond donors (Lipinski definition) is 1.